The number of benzene rings is 2. The number of aromatic nitrogens is 1. The van der Waals surface area contributed by atoms with Crippen LogP contribution in [0.5, 0.6) is 0 Å². The highest BCUT2D eigenvalue weighted by Gasteiger charge is 2.25. The van der Waals surface area contributed by atoms with Crippen LogP contribution in [0.3, 0.4) is 0 Å². The fourth-order valence-corrected chi connectivity index (χ4v) is 2.39. The molecule has 0 saturated heterocycles. The molecule has 2 aromatic carbocycles. The highest BCUT2D eigenvalue weighted by molar-refractivity contribution is 6.14. The van der Waals surface area contributed by atoms with E-state index in [-0.39, 0.29) is 11.3 Å². The van der Waals surface area contributed by atoms with Crippen LogP contribution < -0.4 is 4.90 Å². The van der Waals surface area contributed by atoms with Crippen molar-refractivity contribution in [3.05, 3.63) is 90.3 Å². The van der Waals surface area contributed by atoms with Gasteiger partial charge in [-0.15, -0.1) is 0 Å². The molecule has 1 N–H and O–H groups in total. The zero-order valence-electron chi connectivity index (χ0n) is 12.7. The van der Waals surface area contributed by atoms with Crippen LogP contribution in [0, 0.1) is 0 Å². The standard InChI is InChI=1S/C19H14N2O3/c22-18(17-16(19(23)24)12-7-13-20-17)21(14-8-3-1-4-9-14)15-10-5-2-6-11-15/h1-13H,(H,23,24). The van der Waals surface area contributed by atoms with Crippen LogP contribution in [-0.2, 0) is 0 Å². The molecule has 1 aromatic heterocycles. The number of para-hydroxylation sites is 2. The third-order valence-corrected chi connectivity index (χ3v) is 3.47. The summed E-state index contributed by atoms with van der Waals surface area (Å²) in [7, 11) is 0. The minimum atomic E-state index is -1.19. The number of carboxylic acids is 1. The van der Waals surface area contributed by atoms with E-state index in [1.807, 2.05) is 36.4 Å². The van der Waals surface area contributed by atoms with Gasteiger partial charge in [-0.25, -0.2) is 4.79 Å². The first kappa shape index (κ1) is 15.4. The van der Waals surface area contributed by atoms with Gasteiger partial charge < -0.3 is 5.11 Å². The summed E-state index contributed by atoms with van der Waals surface area (Å²) in [6, 6.07) is 21.0. The first-order valence-electron chi connectivity index (χ1n) is 7.31. The van der Waals surface area contributed by atoms with E-state index in [0.29, 0.717) is 11.4 Å². The zero-order valence-corrected chi connectivity index (χ0v) is 12.7. The molecule has 0 aliphatic carbocycles. The van der Waals surface area contributed by atoms with Crippen molar-refractivity contribution >= 4 is 23.3 Å². The Labute approximate surface area is 138 Å². The van der Waals surface area contributed by atoms with Crippen LogP contribution in [0.25, 0.3) is 0 Å². The summed E-state index contributed by atoms with van der Waals surface area (Å²) in [6.07, 6.45) is 1.41. The Balaban J connectivity index is 2.14. The van der Waals surface area contributed by atoms with Crippen LogP contribution in [-0.4, -0.2) is 22.0 Å². The van der Waals surface area contributed by atoms with Gasteiger partial charge in [0.1, 0.15) is 5.69 Å². The Morgan fingerprint density at radius 2 is 1.33 bits per heavy atom. The van der Waals surface area contributed by atoms with Crippen molar-refractivity contribution in [2.75, 3.05) is 4.90 Å². The molecule has 0 spiro atoms. The molecular formula is C19H14N2O3. The molecular weight excluding hydrogens is 304 g/mol. The molecule has 1 heterocycles. The lowest BCUT2D eigenvalue weighted by molar-refractivity contribution is 0.0691. The monoisotopic (exact) mass is 318 g/mol. The van der Waals surface area contributed by atoms with Crippen LogP contribution in [0.15, 0.2) is 79.0 Å². The number of nitrogens with zero attached hydrogens (tertiary/aromatic N) is 2. The van der Waals surface area contributed by atoms with E-state index in [1.165, 1.54) is 23.2 Å². The van der Waals surface area contributed by atoms with E-state index in [1.54, 1.807) is 24.3 Å². The van der Waals surface area contributed by atoms with Crippen molar-refractivity contribution in [1.29, 1.82) is 0 Å². The number of carbonyl (C=O) groups excluding carboxylic acids is 1. The molecule has 0 aliphatic heterocycles. The Bertz CT molecular complexity index is 825. The third kappa shape index (κ3) is 3.01. The smallest absolute Gasteiger partial charge is 0.338 e. The van der Waals surface area contributed by atoms with Gasteiger partial charge in [0.2, 0.25) is 0 Å². The Morgan fingerprint density at radius 3 is 1.83 bits per heavy atom. The van der Waals surface area contributed by atoms with Gasteiger partial charge in [-0.05, 0) is 36.4 Å². The summed E-state index contributed by atoms with van der Waals surface area (Å²) in [6.45, 7) is 0. The highest BCUT2D eigenvalue weighted by atomic mass is 16.4. The number of hydrogen-bond acceptors (Lipinski definition) is 3. The highest BCUT2D eigenvalue weighted by Crippen LogP contribution is 2.27. The van der Waals surface area contributed by atoms with Gasteiger partial charge in [0.15, 0.2) is 0 Å². The second kappa shape index (κ2) is 6.75. The third-order valence-electron chi connectivity index (χ3n) is 3.47. The van der Waals surface area contributed by atoms with Crippen molar-refractivity contribution in [1.82, 2.24) is 4.98 Å². The van der Waals surface area contributed by atoms with Crippen molar-refractivity contribution in [3.8, 4) is 0 Å². The van der Waals surface area contributed by atoms with Gasteiger partial charge >= 0.3 is 5.97 Å². The van der Waals surface area contributed by atoms with Crippen molar-refractivity contribution in [2.24, 2.45) is 0 Å². The molecule has 0 fully saturated rings. The molecule has 0 bridgehead atoms. The molecule has 3 aromatic rings. The summed E-state index contributed by atoms with van der Waals surface area (Å²) in [4.78, 5) is 29.9. The Hall–Kier alpha value is -3.47. The van der Waals surface area contributed by atoms with E-state index in [9.17, 15) is 14.7 Å². The van der Waals surface area contributed by atoms with Crippen molar-refractivity contribution in [2.45, 2.75) is 0 Å². The first-order valence-corrected chi connectivity index (χ1v) is 7.31. The van der Waals surface area contributed by atoms with E-state index in [0.717, 1.165) is 0 Å². The van der Waals surface area contributed by atoms with Gasteiger partial charge in [-0.2, -0.15) is 0 Å². The topological polar surface area (TPSA) is 70.5 Å². The Morgan fingerprint density at radius 1 is 0.792 bits per heavy atom. The SMILES string of the molecule is O=C(O)c1cccnc1C(=O)N(c1ccccc1)c1ccccc1. The average molecular weight is 318 g/mol. The largest absolute Gasteiger partial charge is 0.478 e. The van der Waals surface area contributed by atoms with E-state index >= 15 is 0 Å². The van der Waals surface area contributed by atoms with Crippen molar-refractivity contribution in [3.63, 3.8) is 0 Å². The Kier molecular flexibility index (Phi) is 4.34. The molecule has 5 nitrogen and oxygen atoms in total. The maximum Gasteiger partial charge on any atom is 0.338 e. The summed E-state index contributed by atoms with van der Waals surface area (Å²) in [5.74, 6) is -1.68. The van der Waals surface area contributed by atoms with Gasteiger partial charge in [0, 0.05) is 17.6 Å². The number of pyridine rings is 1. The molecule has 1 amide bonds. The summed E-state index contributed by atoms with van der Waals surface area (Å²) < 4.78 is 0. The lowest BCUT2D eigenvalue weighted by Crippen LogP contribution is -2.28. The normalized spacial score (nSPS) is 10.2. The predicted molar refractivity (Wildman–Crippen MR) is 90.5 cm³/mol. The molecule has 0 radical (unpaired) electrons. The molecule has 0 aliphatic rings. The summed E-state index contributed by atoms with van der Waals surface area (Å²) in [5, 5.41) is 9.33. The minimum Gasteiger partial charge on any atom is -0.478 e. The quantitative estimate of drug-likeness (QED) is 0.795. The molecule has 118 valence electrons. The lowest BCUT2D eigenvalue weighted by atomic mass is 10.1. The molecule has 0 atom stereocenters. The number of carboxylic acid groups (broad SMARTS) is 1. The maximum absolute atomic E-state index is 13.1. The predicted octanol–water partition coefficient (Wildman–Crippen LogP) is 3.76. The second-order valence-corrected chi connectivity index (χ2v) is 5.02. The minimum absolute atomic E-state index is 0.0993. The van der Waals surface area contributed by atoms with Gasteiger partial charge in [0.05, 0.1) is 5.56 Å². The number of carbonyl (C=O) groups is 2. The molecule has 3 rings (SSSR count). The van der Waals surface area contributed by atoms with E-state index in [2.05, 4.69) is 4.98 Å². The van der Waals surface area contributed by atoms with Crippen molar-refractivity contribution < 1.29 is 14.7 Å². The molecule has 0 saturated carbocycles. The maximum atomic E-state index is 13.1. The lowest BCUT2D eigenvalue weighted by Gasteiger charge is -2.23. The van der Waals surface area contributed by atoms with Gasteiger partial charge in [-0.1, -0.05) is 36.4 Å². The average Bonchev–Trinajstić information content (AvgIpc) is 2.63. The van der Waals surface area contributed by atoms with Crippen LogP contribution >= 0.6 is 0 Å². The second-order valence-electron chi connectivity index (χ2n) is 5.02. The van der Waals surface area contributed by atoms with E-state index in [4.69, 9.17) is 0 Å². The number of anilines is 2. The molecule has 5 heteroatoms. The van der Waals surface area contributed by atoms with Crippen LogP contribution in [0.4, 0.5) is 11.4 Å². The number of rotatable bonds is 4. The number of amides is 1. The van der Waals surface area contributed by atoms with Gasteiger partial charge in [0.25, 0.3) is 5.91 Å². The molecule has 24 heavy (non-hydrogen) atoms. The van der Waals surface area contributed by atoms with E-state index < -0.39 is 11.9 Å². The number of aromatic carboxylic acids is 1. The van der Waals surface area contributed by atoms with Gasteiger partial charge in [-0.3, -0.25) is 14.7 Å². The fraction of sp³-hybridized carbons (Fsp3) is 0. The summed E-state index contributed by atoms with van der Waals surface area (Å²) >= 11 is 0. The zero-order chi connectivity index (χ0) is 16.9. The fourth-order valence-electron chi connectivity index (χ4n) is 2.39. The summed E-state index contributed by atoms with van der Waals surface area (Å²) in [5.41, 5.74) is 1.04. The first-order chi connectivity index (χ1) is 11.7. The number of hydrogen-bond donors (Lipinski definition) is 1. The van der Waals surface area contributed by atoms with Crippen LogP contribution in [0.1, 0.15) is 20.8 Å². The molecule has 0 unspecified atom stereocenters. The van der Waals surface area contributed by atoms with Crippen LogP contribution in [0.2, 0.25) is 0 Å².